The third-order valence-electron chi connectivity index (χ3n) is 1.52. The summed E-state index contributed by atoms with van der Waals surface area (Å²) in [5, 5.41) is 10.0. The van der Waals surface area contributed by atoms with Crippen LogP contribution in [-0.4, -0.2) is 14.9 Å². The molecule has 0 amide bonds. The Labute approximate surface area is 90.2 Å². The molecule has 0 N–H and O–H groups in total. The summed E-state index contributed by atoms with van der Waals surface area (Å²) in [6.07, 6.45) is 0. The molecular formula is C7H7Cl2N3O2. The summed E-state index contributed by atoms with van der Waals surface area (Å²) < 4.78 is 0. The number of hydrogen-bond donors (Lipinski definition) is 0. The zero-order valence-corrected chi connectivity index (χ0v) is 9.00. The monoisotopic (exact) mass is 235 g/mol. The van der Waals surface area contributed by atoms with E-state index in [4.69, 9.17) is 23.2 Å². The van der Waals surface area contributed by atoms with E-state index in [-0.39, 0.29) is 16.2 Å². The van der Waals surface area contributed by atoms with Crippen molar-refractivity contribution in [3.8, 4) is 0 Å². The lowest BCUT2D eigenvalue weighted by Crippen LogP contribution is -2.02. The maximum absolute atomic E-state index is 10.5. The topological polar surface area (TPSA) is 68.9 Å². The molecule has 0 saturated heterocycles. The second-order valence-corrected chi connectivity index (χ2v) is 3.64. The first-order chi connectivity index (χ1) is 6.43. The molecule has 0 bridgehead atoms. The highest BCUT2D eigenvalue weighted by Gasteiger charge is 2.22. The second kappa shape index (κ2) is 4.06. The van der Waals surface area contributed by atoms with Crippen molar-refractivity contribution < 1.29 is 4.92 Å². The summed E-state index contributed by atoms with van der Waals surface area (Å²) in [6, 6.07) is 0. The van der Waals surface area contributed by atoms with Gasteiger partial charge in [0, 0.05) is 5.92 Å². The van der Waals surface area contributed by atoms with Crippen LogP contribution in [0, 0.1) is 10.1 Å². The van der Waals surface area contributed by atoms with Crippen molar-refractivity contribution in [1.29, 1.82) is 0 Å². The fourth-order valence-electron chi connectivity index (χ4n) is 0.826. The molecule has 1 aromatic heterocycles. The van der Waals surface area contributed by atoms with Crippen molar-refractivity contribution in [1.82, 2.24) is 9.97 Å². The molecule has 0 saturated carbocycles. The van der Waals surface area contributed by atoms with Crippen molar-refractivity contribution in [2.45, 2.75) is 19.8 Å². The van der Waals surface area contributed by atoms with Crippen LogP contribution in [-0.2, 0) is 0 Å². The van der Waals surface area contributed by atoms with Crippen LogP contribution in [0.1, 0.15) is 25.6 Å². The SMILES string of the molecule is CC(C)c1nc(Cl)c([N+](=O)[O-])c(Cl)n1. The van der Waals surface area contributed by atoms with E-state index in [0.717, 1.165) is 0 Å². The first-order valence-corrected chi connectivity index (χ1v) is 4.56. The van der Waals surface area contributed by atoms with Gasteiger partial charge in [-0.25, -0.2) is 9.97 Å². The van der Waals surface area contributed by atoms with Crippen molar-refractivity contribution in [2.24, 2.45) is 0 Å². The van der Waals surface area contributed by atoms with E-state index in [1.54, 1.807) is 0 Å². The molecule has 0 radical (unpaired) electrons. The summed E-state index contributed by atoms with van der Waals surface area (Å²) >= 11 is 11.2. The number of nitro groups is 1. The van der Waals surface area contributed by atoms with Gasteiger partial charge in [0.15, 0.2) is 0 Å². The van der Waals surface area contributed by atoms with Gasteiger partial charge in [-0.3, -0.25) is 10.1 Å². The smallest absolute Gasteiger partial charge is 0.258 e. The zero-order chi connectivity index (χ0) is 10.9. The van der Waals surface area contributed by atoms with Gasteiger partial charge in [0.1, 0.15) is 5.82 Å². The molecule has 1 rings (SSSR count). The van der Waals surface area contributed by atoms with E-state index >= 15 is 0 Å². The van der Waals surface area contributed by atoms with Crippen molar-refractivity contribution >= 4 is 28.9 Å². The summed E-state index contributed by atoms with van der Waals surface area (Å²) in [4.78, 5) is 17.3. The lowest BCUT2D eigenvalue weighted by Gasteiger charge is -2.04. The fourth-order valence-corrected chi connectivity index (χ4v) is 1.36. The van der Waals surface area contributed by atoms with Gasteiger partial charge in [-0.2, -0.15) is 0 Å². The van der Waals surface area contributed by atoms with Crippen LogP contribution in [0.5, 0.6) is 0 Å². The lowest BCUT2D eigenvalue weighted by atomic mass is 10.2. The maximum Gasteiger partial charge on any atom is 0.343 e. The summed E-state index contributed by atoms with van der Waals surface area (Å²) in [5.41, 5.74) is -0.447. The highest BCUT2D eigenvalue weighted by molar-refractivity contribution is 6.36. The molecule has 7 heteroatoms. The Kier molecular flexibility index (Phi) is 3.23. The Morgan fingerprint density at radius 3 is 2.00 bits per heavy atom. The molecule has 0 fully saturated rings. The van der Waals surface area contributed by atoms with E-state index < -0.39 is 10.6 Å². The first-order valence-electron chi connectivity index (χ1n) is 3.80. The molecule has 1 aromatic rings. The highest BCUT2D eigenvalue weighted by atomic mass is 35.5. The zero-order valence-electron chi connectivity index (χ0n) is 7.49. The van der Waals surface area contributed by atoms with Crippen molar-refractivity contribution in [3.05, 3.63) is 26.2 Å². The quantitative estimate of drug-likeness (QED) is 0.449. The van der Waals surface area contributed by atoms with Crippen LogP contribution in [0.25, 0.3) is 0 Å². The normalized spacial score (nSPS) is 10.6. The summed E-state index contributed by atoms with van der Waals surface area (Å²) in [6.45, 7) is 3.68. The largest absolute Gasteiger partial charge is 0.343 e. The lowest BCUT2D eigenvalue weighted by molar-refractivity contribution is -0.385. The Bertz CT molecular complexity index is 358. The number of rotatable bonds is 2. The molecule has 0 spiro atoms. The standard InChI is InChI=1S/C7H7Cl2N3O2/c1-3(2)7-10-5(8)4(12(13)14)6(9)11-7/h3H,1-2H3. The van der Waals surface area contributed by atoms with Gasteiger partial charge in [-0.05, 0) is 0 Å². The molecule has 1 heterocycles. The number of hydrogen-bond acceptors (Lipinski definition) is 4. The van der Waals surface area contributed by atoms with Gasteiger partial charge in [0.05, 0.1) is 4.92 Å². The van der Waals surface area contributed by atoms with Gasteiger partial charge in [-0.15, -0.1) is 0 Å². The van der Waals surface area contributed by atoms with E-state index in [9.17, 15) is 10.1 Å². The molecule has 0 atom stereocenters. The van der Waals surface area contributed by atoms with E-state index in [0.29, 0.717) is 5.82 Å². The predicted molar refractivity (Wildman–Crippen MR) is 52.8 cm³/mol. The second-order valence-electron chi connectivity index (χ2n) is 2.92. The molecule has 76 valence electrons. The van der Waals surface area contributed by atoms with Crippen molar-refractivity contribution in [3.63, 3.8) is 0 Å². The van der Waals surface area contributed by atoms with E-state index in [1.165, 1.54) is 0 Å². The van der Waals surface area contributed by atoms with E-state index in [2.05, 4.69) is 9.97 Å². The molecule has 0 aromatic carbocycles. The molecular weight excluding hydrogens is 229 g/mol. The number of nitrogens with zero attached hydrogens (tertiary/aromatic N) is 3. The average molecular weight is 236 g/mol. The molecule has 14 heavy (non-hydrogen) atoms. The van der Waals surface area contributed by atoms with Crippen LogP contribution >= 0.6 is 23.2 Å². The first kappa shape index (κ1) is 11.1. The van der Waals surface area contributed by atoms with Crippen LogP contribution in [0.3, 0.4) is 0 Å². The molecule has 0 aliphatic heterocycles. The number of halogens is 2. The minimum atomic E-state index is -0.700. The Morgan fingerprint density at radius 2 is 1.71 bits per heavy atom. The summed E-state index contributed by atoms with van der Waals surface area (Å²) in [7, 11) is 0. The molecule has 0 unspecified atom stereocenters. The average Bonchev–Trinajstić information content (AvgIpc) is 2.01. The van der Waals surface area contributed by atoms with Crippen molar-refractivity contribution in [2.75, 3.05) is 0 Å². The van der Waals surface area contributed by atoms with Gasteiger partial charge < -0.3 is 0 Å². The Hall–Kier alpha value is -0.940. The van der Waals surface area contributed by atoms with Crippen LogP contribution in [0.15, 0.2) is 0 Å². The van der Waals surface area contributed by atoms with Gasteiger partial charge in [-0.1, -0.05) is 37.0 Å². The van der Waals surface area contributed by atoms with Crippen LogP contribution in [0.4, 0.5) is 5.69 Å². The molecule has 5 nitrogen and oxygen atoms in total. The Balaban J connectivity index is 3.32. The highest BCUT2D eigenvalue weighted by Crippen LogP contribution is 2.30. The third kappa shape index (κ3) is 2.10. The summed E-state index contributed by atoms with van der Waals surface area (Å²) in [5.74, 6) is 0.413. The minimum absolute atomic E-state index is 0.0193. The maximum atomic E-state index is 10.5. The molecule has 0 aliphatic rings. The fraction of sp³-hybridized carbons (Fsp3) is 0.429. The van der Waals surface area contributed by atoms with Gasteiger partial charge in [0.25, 0.3) is 0 Å². The predicted octanol–water partition coefficient (Wildman–Crippen LogP) is 2.82. The van der Waals surface area contributed by atoms with Gasteiger partial charge in [0.2, 0.25) is 10.3 Å². The third-order valence-corrected chi connectivity index (χ3v) is 2.04. The Morgan fingerprint density at radius 1 is 1.29 bits per heavy atom. The number of aromatic nitrogens is 2. The van der Waals surface area contributed by atoms with E-state index in [1.807, 2.05) is 13.8 Å². The molecule has 0 aliphatic carbocycles. The van der Waals surface area contributed by atoms with Crippen LogP contribution in [0.2, 0.25) is 10.3 Å². The van der Waals surface area contributed by atoms with Gasteiger partial charge >= 0.3 is 5.69 Å². The minimum Gasteiger partial charge on any atom is -0.258 e. The van der Waals surface area contributed by atoms with Crippen LogP contribution < -0.4 is 0 Å².